The first-order valence-corrected chi connectivity index (χ1v) is 9.57. The molecule has 0 atom stereocenters. The van der Waals surface area contributed by atoms with Crippen molar-refractivity contribution in [2.24, 2.45) is 0 Å². The average Bonchev–Trinajstić information content (AvgIpc) is 2.66. The maximum atomic E-state index is 12.5. The van der Waals surface area contributed by atoms with E-state index in [0.717, 1.165) is 64.4 Å². The van der Waals surface area contributed by atoms with Crippen LogP contribution in [0.1, 0.15) is 33.1 Å². The van der Waals surface area contributed by atoms with Crippen molar-refractivity contribution >= 4 is 11.6 Å². The van der Waals surface area contributed by atoms with Crippen LogP contribution in [0.2, 0.25) is 0 Å². The highest BCUT2D eigenvalue weighted by Crippen LogP contribution is 2.20. The maximum absolute atomic E-state index is 12.5. The van der Waals surface area contributed by atoms with Gasteiger partial charge in [-0.1, -0.05) is 13.8 Å². The maximum Gasteiger partial charge on any atom is 0.223 e. The van der Waals surface area contributed by atoms with Gasteiger partial charge in [0.05, 0.1) is 7.11 Å². The molecule has 0 unspecified atom stereocenters. The van der Waals surface area contributed by atoms with E-state index in [0.29, 0.717) is 12.3 Å². The first kappa shape index (κ1) is 19.6. The van der Waals surface area contributed by atoms with Gasteiger partial charge in [-0.15, -0.1) is 0 Å². The predicted molar refractivity (Wildman–Crippen MR) is 103 cm³/mol. The van der Waals surface area contributed by atoms with Gasteiger partial charge in [0.1, 0.15) is 5.75 Å². The number of anilines is 1. The van der Waals surface area contributed by atoms with Crippen molar-refractivity contribution in [3.8, 4) is 5.75 Å². The van der Waals surface area contributed by atoms with Crippen LogP contribution in [0, 0.1) is 0 Å². The van der Waals surface area contributed by atoms with Gasteiger partial charge in [0.2, 0.25) is 5.91 Å². The lowest BCUT2D eigenvalue weighted by molar-refractivity contribution is -0.131. The SMILES string of the molecule is CCCN(CCC)CCC(=O)N1CCN(c2ccc(OC)cc2)CC1. The molecule has 0 radical (unpaired) electrons. The Hall–Kier alpha value is -1.75. The van der Waals surface area contributed by atoms with Gasteiger partial charge in [0.25, 0.3) is 0 Å². The number of ether oxygens (including phenoxy) is 1. The number of rotatable bonds is 9. The molecule has 0 aliphatic carbocycles. The van der Waals surface area contributed by atoms with Crippen LogP contribution in [0.15, 0.2) is 24.3 Å². The van der Waals surface area contributed by atoms with E-state index in [2.05, 4.69) is 35.8 Å². The number of methoxy groups -OCH3 is 1. The molecule has 2 rings (SSSR count). The van der Waals surface area contributed by atoms with Gasteiger partial charge in [-0.05, 0) is 50.2 Å². The minimum Gasteiger partial charge on any atom is -0.497 e. The van der Waals surface area contributed by atoms with E-state index < -0.39 is 0 Å². The lowest BCUT2D eigenvalue weighted by atomic mass is 10.2. The monoisotopic (exact) mass is 347 g/mol. The molecule has 1 aromatic carbocycles. The van der Waals surface area contributed by atoms with E-state index in [1.807, 2.05) is 17.0 Å². The highest BCUT2D eigenvalue weighted by Gasteiger charge is 2.21. The predicted octanol–water partition coefficient (Wildman–Crippen LogP) is 2.86. The van der Waals surface area contributed by atoms with E-state index in [1.54, 1.807) is 7.11 Å². The Kier molecular flexibility index (Phi) is 8.06. The second-order valence-corrected chi connectivity index (χ2v) is 6.66. The zero-order valence-electron chi connectivity index (χ0n) is 16.0. The van der Waals surface area contributed by atoms with Crippen molar-refractivity contribution < 1.29 is 9.53 Å². The fraction of sp³-hybridized carbons (Fsp3) is 0.650. The Balaban J connectivity index is 1.77. The molecular weight excluding hydrogens is 314 g/mol. The third kappa shape index (κ3) is 5.92. The minimum absolute atomic E-state index is 0.298. The lowest BCUT2D eigenvalue weighted by Gasteiger charge is -2.36. The molecule has 0 bridgehead atoms. The number of hydrogen-bond acceptors (Lipinski definition) is 4. The van der Waals surface area contributed by atoms with Crippen LogP contribution in [-0.4, -0.2) is 68.6 Å². The zero-order valence-corrected chi connectivity index (χ0v) is 16.0. The van der Waals surface area contributed by atoms with Crippen molar-refractivity contribution in [1.29, 1.82) is 0 Å². The number of carbonyl (C=O) groups is 1. The summed E-state index contributed by atoms with van der Waals surface area (Å²) in [4.78, 5) is 19.3. The van der Waals surface area contributed by atoms with Crippen LogP contribution < -0.4 is 9.64 Å². The number of hydrogen-bond donors (Lipinski definition) is 0. The fourth-order valence-corrected chi connectivity index (χ4v) is 3.39. The molecular formula is C20H33N3O2. The van der Waals surface area contributed by atoms with E-state index in [1.165, 1.54) is 5.69 Å². The molecule has 1 fully saturated rings. The summed E-state index contributed by atoms with van der Waals surface area (Å²) in [5.74, 6) is 1.17. The van der Waals surface area contributed by atoms with Crippen LogP contribution >= 0.6 is 0 Å². The number of nitrogens with zero attached hydrogens (tertiary/aromatic N) is 3. The minimum atomic E-state index is 0.298. The van der Waals surface area contributed by atoms with Crippen LogP contribution in [-0.2, 0) is 4.79 Å². The Morgan fingerprint density at radius 3 is 2.12 bits per heavy atom. The largest absolute Gasteiger partial charge is 0.497 e. The molecule has 1 saturated heterocycles. The molecule has 25 heavy (non-hydrogen) atoms. The summed E-state index contributed by atoms with van der Waals surface area (Å²) in [5.41, 5.74) is 1.20. The number of carbonyl (C=O) groups excluding carboxylic acids is 1. The van der Waals surface area contributed by atoms with Gasteiger partial charge in [0, 0.05) is 44.8 Å². The Morgan fingerprint density at radius 2 is 1.60 bits per heavy atom. The smallest absolute Gasteiger partial charge is 0.223 e. The van der Waals surface area contributed by atoms with Gasteiger partial charge in [-0.2, -0.15) is 0 Å². The Labute approximate surface area is 152 Å². The molecule has 140 valence electrons. The van der Waals surface area contributed by atoms with E-state index >= 15 is 0 Å². The van der Waals surface area contributed by atoms with Crippen molar-refractivity contribution in [3.05, 3.63) is 24.3 Å². The number of amides is 1. The van der Waals surface area contributed by atoms with E-state index in [-0.39, 0.29) is 0 Å². The number of piperazine rings is 1. The molecule has 0 spiro atoms. The van der Waals surface area contributed by atoms with Gasteiger partial charge in [-0.25, -0.2) is 0 Å². The third-order valence-corrected chi connectivity index (χ3v) is 4.79. The van der Waals surface area contributed by atoms with Crippen molar-refractivity contribution in [2.75, 3.05) is 57.8 Å². The number of benzene rings is 1. The van der Waals surface area contributed by atoms with Crippen LogP contribution in [0.5, 0.6) is 5.75 Å². The summed E-state index contributed by atoms with van der Waals surface area (Å²) in [5, 5.41) is 0. The third-order valence-electron chi connectivity index (χ3n) is 4.79. The molecule has 0 aromatic heterocycles. The van der Waals surface area contributed by atoms with Crippen LogP contribution in [0.25, 0.3) is 0 Å². The fourth-order valence-electron chi connectivity index (χ4n) is 3.39. The molecule has 1 heterocycles. The highest BCUT2D eigenvalue weighted by atomic mass is 16.5. The first-order valence-electron chi connectivity index (χ1n) is 9.57. The van der Waals surface area contributed by atoms with E-state index in [9.17, 15) is 4.79 Å². The zero-order chi connectivity index (χ0) is 18.1. The molecule has 5 heteroatoms. The lowest BCUT2D eigenvalue weighted by Crippen LogP contribution is -2.49. The second kappa shape index (κ2) is 10.3. The first-order chi connectivity index (χ1) is 12.2. The molecule has 0 saturated carbocycles. The molecule has 1 aliphatic heterocycles. The normalized spacial score (nSPS) is 14.9. The van der Waals surface area contributed by atoms with Crippen LogP contribution in [0.3, 0.4) is 0 Å². The summed E-state index contributed by atoms with van der Waals surface area (Å²) in [6, 6.07) is 8.15. The van der Waals surface area contributed by atoms with Crippen molar-refractivity contribution in [2.45, 2.75) is 33.1 Å². The summed E-state index contributed by atoms with van der Waals surface area (Å²) < 4.78 is 5.21. The summed E-state index contributed by atoms with van der Waals surface area (Å²) in [7, 11) is 1.68. The van der Waals surface area contributed by atoms with Crippen molar-refractivity contribution in [3.63, 3.8) is 0 Å². The quantitative estimate of drug-likeness (QED) is 0.688. The van der Waals surface area contributed by atoms with Gasteiger partial charge in [0.15, 0.2) is 0 Å². The topological polar surface area (TPSA) is 36.0 Å². The molecule has 1 aliphatic rings. The molecule has 1 amide bonds. The summed E-state index contributed by atoms with van der Waals surface area (Å²) in [6.07, 6.45) is 2.94. The van der Waals surface area contributed by atoms with Crippen LogP contribution in [0.4, 0.5) is 5.69 Å². The van der Waals surface area contributed by atoms with Crippen molar-refractivity contribution in [1.82, 2.24) is 9.80 Å². The second-order valence-electron chi connectivity index (χ2n) is 6.66. The summed E-state index contributed by atoms with van der Waals surface area (Å²) >= 11 is 0. The highest BCUT2D eigenvalue weighted by molar-refractivity contribution is 5.76. The Morgan fingerprint density at radius 1 is 1.00 bits per heavy atom. The molecule has 5 nitrogen and oxygen atoms in total. The standard InChI is InChI=1S/C20H33N3O2/c1-4-11-21(12-5-2)13-10-20(24)23-16-14-22(15-17-23)18-6-8-19(25-3)9-7-18/h6-9H,4-5,10-17H2,1-3H3. The Bertz CT molecular complexity index is 504. The molecule has 0 N–H and O–H groups in total. The van der Waals surface area contributed by atoms with Gasteiger partial charge < -0.3 is 19.4 Å². The van der Waals surface area contributed by atoms with Gasteiger partial charge in [-0.3, -0.25) is 4.79 Å². The van der Waals surface area contributed by atoms with Gasteiger partial charge >= 0.3 is 0 Å². The van der Waals surface area contributed by atoms with E-state index in [4.69, 9.17) is 4.74 Å². The summed E-state index contributed by atoms with van der Waals surface area (Å²) in [6.45, 7) is 10.9. The molecule has 1 aromatic rings. The average molecular weight is 348 g/mol.